The van der Waals surface area contributed by atoms with Crippen LogP contribution in [0.5, 0.6) is 5.75 Å². The molecule has 4 nitrogen and oxygen atoms in total. The van der Waals surface area contributed by atoms with E-state index in [1.54, 1.807) is 0 Å². The van der Waals surface area contributed by atoms with Crippen LogP contribution in [0.4, 0.5) is 0 Å². The van der Waals surface area contributed by atoms with Crippen LogP contribution in [0.25, 0.3) is 0 Å². The lowest BCUT2D eigenvalue weighted by Gasteiger charge is -2.21. The zero-order valence-electron chi connectivity index (χ0n) is 12.0. The first kappa shape index (κ1) is 13.2. The van der Waals surface area contributed by atoms with E-state index >= 15 is 0 Å². The fourth-order valence-electron chi connectivity index (χ4n) is 2.81. The molecule has 0 radical (unpaired) electrons. The molecular formula is C16H20N2O2. The van der Waals surface area contributed by atoms with E-state index in [1.807, 2.05) is 36.9 Å². The van der Waals surface area contributed by atoms with Crippen molar-refractivity contribution in [2.45, 2.75) is 38.9 Å². The van der Waals surface area contributed by atoms with Crippen LogP contribution < -0.4 is 4.74 Å². The van der Waals surface area contributed by atoms with Gasteiger partial charge in [-0.1, -0.05) is 6.07 Å². The standard InChI is InChI=1S/C16H20N2O2/c1-11-8-13(18(2)17-11)10-20-14-6-7-15-12(9-14)4-3-5-16(15)19/h6-9,16,19H,3-5,10H2,1-2H3. The minimum atomic E-state index is -0.312. The van der Waals surface area contributed by atoms with Crippen molar-refractivity contribution in [3.05, 3.63) is 46.8 Å². The van der Waals surface area contributed by atoms with Gasteiger partial charge < -0.3 is 9.84 Å². The fraction of sp³-hybridized carbons (Fsp3) is 0.438. The number of aryl methyl sites for hydroxylation is 3. The van der Waals surface area contributed by atoms with Crippen LogP contribution in [-0.2, 0) is 20.1 Å². The second kappa shape index (κ2) is 5.29. The van der Waals surface area contributed by atoms with Crippen molar-refractivity contribution in [3.8, 4) is 5.75 Å². The average Bonchev–Trinajstić information content (AvgIpc) is 2.75. The van der Waals surface area contributed by atoms with Crippen LogP contribution in [0.2, 0.25) is 0 Å². The predicted molar refractivity (Wildman–Crippen MR) is 76.6 cm³/mol. The zero-order valence-corrected chi connectivity index (χ0v) is 12.0. The lowest BCUT2D eigenvalue weighted by Crippen LogP contribution is -2.09. The maximum atomic E-state index is 9.95. The van der Waals surface area contributed by atoms with Crippen LogP contribution in [0.3, 0.4) is 0 Å². The van der Waals surface area contributed by atoms with Gasteiger partial charge in [0.25, 0.3) is 0 Å². The summed E-state index contributed by atoms with van der Waals surface area (Å²) in [6.07, 6.45) is 2.61. The van der Waals surface area contributed by atoms with Gasteiger partial charge >= 0.3 is 0 Å². The largest absolute Gasteiger partial charge is 0.487 e. The maximum absolute atomic E-state index is 9.95. The molecule has 1 unspecified atom stereocenters. The van der Waals surface area contributed by atoms with E-state index in [2.05, 4.69) is 11.2 Å². The van der Waals surface area contributed by atoms with Gasteiger partial charge in [0.2, 0.25) is 0 Å². The van der Waals surface area contributed by atoms with E-state index in [4.69, 9.17) is 4.74 Å². The highest BCUT2D eigenvalue weighted by atomic mass is 16.5. The number of hydrogen-bond donors (Lipinski definition) is 1. The third-order valence-electron chi connectivity index (χ3n) is 3.88. The van der Waals surface area contributed by atoms with E-state index in [1.165, 1.54) is 5.56 Å². The number of aliphatic hydroxyl groups excluding tert-OH is 1. The Kier molecular flexibility index (Phi) is 3.49. The number of nitrogens with zero attached hydrogens (tertiary/aromatic N) is 2. The highest BCUT2D eigenvalue weighted by Gasteiger charge is 2.18. The summed E-state index contributed by atoms with van der Waals surface area (Å²) >= 11 is 0. The number of fused-ring (bicyclic) bond motifs is 1. The van der Waals surface area contributed by atoms with Gasteiger partial charge in [-0.15, -0.1) is 0 Å². The van der Waals surface area contributed by atoms with Gasteiger partial charge in [-0.05, 0) is 55.5 Å². The first-order valence-corrected chi connectivity index (χ1v) is 7.06. The molecule has 3 rings (SSSR count). The molecule has 1 aliphatic rings. The Morgan fingerprint density at radius 1 is 1.40 bits per heavy atom. The monoisotopic (exact) mass is 272 g/mol. The van der Waals surface area contributed by atoms with Crippen molar-refractivity contribution in [2.24, 2.45) is 7.05 Å². The van der Waals surface area contributed by atoms with E-state index in [0.717, 1.165) is 42.0 Å². The van der Waals surface area contributed by atoms with E-state index in [9.17, 15) is 5.11 Å². The minimum absolute atomic E-state index is 0.312. The molecule has 1 N–H and O–H groups in total. The third-order valence-corrected chi connectivity index (χ3v) is 3.88. The molecule has 0 amide bonds. The third kappa shape index (κ3) is 2.56. The van der Waals surface area contributed by atoms with Crippen LogP contribution in [-0.4, -0.2) is 14.9 Å². The molecule has 4 heteroatoms. The van der Waals surface area contributed by atoms with Crippen molar-refractivity contribution in [1.82, 2.24) is 9.78 Å². The first-order valence-electron chi connectivity index (χ1n) is 7.06. The summed E-state index contributed by atoms with van der Waals surface area (Å²) in [4.78, 5) is 0. The molecular weight excluding hydrogens is 252 g/mol. The average molecular weight is 272 g/mol. The summed E-state index contributed by atoms with van der Waals surface area (Å²) < 4.78 is 7.69. The molecule has 1 aliphatic carbocycles. The zero-order chi connectivity index (χ0) is 14.1. The fourth-order valence-corrected chi connectivity index (χ4v) is 2.81. The van der Waals surface area contributed by atoms with Crippen molar-refractivity contribution in [2.75, 3.05) is 0 Å². The summed E-state index contributed by atoms with van der Waals surface area (Å²) in [6.45, 7) is 2.49. The summed E-state index contributed by atoms with van der Waals surface area (Å²) in [6, 6.07) is 8.02. The van der Waals surface area contributed by atoms with Gasteiger partial charge in [0.05, 0.1) is 17.5 Å². The Hall–Kier alpha value is -1.81. The Balaban J connectivity index is 1.74. The van der Waals surface area contributed by atoms with Crippen molar-refractivity contribution in [3.63, 3.8) is 0 Å². The van der Waals surface area contributed by atoms with Gasteiger partial charge in [0.15, 0.2) is 0 Å². The lowest BCUT2D eigenvalue weighted by molar-refractivity contribution is 0.156. The molecule has 106 valence electrons. The number of hydrogen-bond acceptors (Lipinski definition) is 3. The molecule has 1 aromatic heterocycles. The van der Waals surface area contributed by atoms with E-state index in [-0.39, 0.29) is 6.10 Å². The molecule has 20 heavy (non-hydrogen) atoms. The Morgan fingerprint density at radius 3 is 3.00 bits per heavy atom. The molecule has 1 atom stereocenters. The summed E-state index contributed by atoms with van der Waals surface area (Å²) in [7, 11) is 1.93. The van der Waals surface area contributed by atoms with Crippen molar-refractivity contribution >= 4 is 0 Å². The van der Waals surface area contributed by atoms with Crippen molar-refractivity contribution in [1.29, 1.82) is 0 Å². The maximum Gasteiger partial charge on any atom is 0.130 e. The first-order chi connectivity index (χ1) is 9.63. The van der Waals surface area contributed by atoms with Crippen molar-refractivity contribution < 1.29 is 9.84 Å². The van der Waals surface area contributed by atoms with Crippen LogP contribution in [0, 0.1) is 6.92 Å². The molecule has 0 saturated heterocycles. The molecule has 0 bridgehead atoms. The quantitative estimate of drug-likeness (QED) is 0.934. The van der Waals surface area contributed by atoms with Gasteiger partial charge in [0.1, 0.15) is 12.4 Å². The normalized spacial score (nSPS) is 17.9. The molecule has 1 heterocycles. The minimum Gasteiger partial charge on any atom is -0.487 e. The topological polar surface area (TPSA) is 47.3 Å². The number of aromatic nitrogens is 2. The smallest absolute Gasteiger partial charge is 0.130 e. The van der Waals surface area contributed by atoms with Gasteiger partial charge in [-0.3, -0.25) is 4.68 Å². The second-order valence-electron chi connectivity index (χ2n) is 5.46. The SMILES string of the molecule is Cc1cc(COc2ccc3c(c2)CCCC3O)n(C)n1. The second-order valence-corrected chi connectivity index (χ2v) is 5.46. The van der Waals surface area contributed by atoms with E-state index in [0.29, 0.717) is 6.61 Å². The Morgan fingerprint density at radius 2 is 2.25 bits per heavy atom. The predicted octanol–water partition coefficient (Wildman–Crippen LogP) is 2.68. The highest BCUT2D eigenvalue weighted by Crippen LogP contribution is 2.32. The molecule has 0 aliphatic heterocycles. The molecule has 0 spiro atoms. The summed E-state index contributed by atoms with van der Waals surface area (Å²) in [5.41, 5.74) is 4.32. The van der Waals surface area contributed by atoms with Gasteiger partial charge in [-0.25, -0.2) is 0 Å². The molecule has 1 aromatic carbocycles. The number of ether oxygens (including phenoxy) is 1. The van der Waals surface area contributed by atoms with Gasteiger partial charge in [-0.2, -0.15) is 5.10 Å². The molecule has 2 aromatic rings. The summed E-state index contributed by atoms with van der Waals surface area (Å²) in [5.74, 6) is 0.858. The Labute approximate surface area is 119 Å². The highest BCUT2D eigenvalue weighted by molar-refractivity contribution is 5.38. The summed E-state index contributed by atoms with van der Waals surface area (Å²) in [5, 5.41) is 14.3. The number of benzene rings is 1. The van der Waals surface area contributed by atoms with Gasteiger partial charge in [0, 0.05) is 7.05 Å². The molecule has 0 fully saturated rings. The van der Waals surface area contributed by atoms with Crippen LogP contribution in [0.15, 0.2) is 24.3 Å². The Bertz CT molecular complexity index is 619. The van der Waals surface area contributed by atoms with Crippen LogP contribution in [0.1, 0.15) is 41.5 Å². The number of aliphatic hydroxyl groups is 1. The lowest BCUT2D eigenvalue weighted by atomic mass is 9.89. The van der Waals surface area contributed by atoms with Crippen LogP contribution >= 0.6 is 0 Å². The number of rotatable bonds is 3. The molecule has 0 saturated carbocycles. The van der Waals surface area contributed by atoms with E-state index < -0.39 is 0 Å².